The molecule has 0 bridgehead atoms. The maximum atomic E-state index is 12.3. The average molecular weight is 278 g/mol. The summed E-state index contributed by atoms with van der Waals surface area (Å²) in [6.45, 7) is 0. The molecule has 3 rings (SSSR count). The maximum absolute atomic E-state index is 12.3. The van der Waals surface area contributed by atoms with E-state index in [-0.39, 0.29) is 5.91 Å². The Labute approximate surface area is 121 Å². The fraction of sp³-hybridized carbons (Fsp3) is 0. The highest BCUT2D eigenvalue weighted by Crippen LogP contribution is 2.21. The lowest BCUT2D eigenvalue weighted by Crippen LogP contribution is -2.13. The molecule has 0 radical (unpaired) electrons. The lowest BCUT2D eigenvalue weighted by atomic mass is 10.1. The zero-order valence-electron chi connectivity index (χ0n) is 11.2. The van der Waals surface area contributed by atoms with E-state index < -0.39 is 0 Å². The molecule has 0 spiro atoms. The zero-order chi connectivity index (χ0) is 14.7. The summed E-state index contributed by atoms with van der Waals surface area (Å²) in [6.07, 6.45) is 1.71. The van der Waals surface area contributed by atoms with Gasteiger partial charge in [0.05, 0.1) is 11.2 Å². The number of anilines is 2. The number of nitrogens with one attached hydrogen (secondary N) is 2. The molecular formula is C16H14N4O. The highest BCUT2D eigenvalue weighted by molar-refractivity contribution is 6.08. The lowest BCUT2D eigenvalue weighted by Gasteiger charge is -2.08. The van der Waals surface area contributed by atoms with Crippen LogP contribution in [0.4, 0.5) is 11.4 Å². The summed E-state index contributed by atoms with van der Waals surface area (Å²) in [5, 5.41) is 3.87. The van der Waals surface area contributed by atoms with Crippen molar-refractivity contribution in [1.29, 1.82) is 0 Å². The Morgan fingerprint density at radius 1 is 1.00 bits per heavy atom. The summed E-state index contributed by atoms with van der Waals surface area (Å²) >= 11 is 0. The Balaban J connectivity index is 1.89. The third kappa shape index (κ3) is 2.68. The van der Waals surface area contributed by atoms with E-state index in [0.717, 1.165) is 16.6 Å². The molecule has 0 aliphatic heterocycles. The second-order valence-electron chi connectivity index (χ2n) is 4.56. The van der Waals surface area contributed by atoms with E-state index in [1.807, 2.05) is 30.3 Å². The summed E-state index contributed by atoms with van der Waals surface area (Å²) in [7, 11) is 0. The lowest BCUT2D eigenvalue weighted by molar-refractivity contribution is 0.102. The Morgan fingerprint density at radius 3 is 2.52 bits per heavy atom. The average Bonchev–Trinajstić information content (AvgIpc) is 2.55. The number of amides is 1. The Bertz CT molecular complexity index is 778. The number of aromatic nitrogens is 1. The van der Waals surface area contributed by atoms with Crippen LogP contribution >= 0.6 is 0 Å². The van der Waals surface area contributed by atoms with Gasteiger partial charge in [-0.05, 0) is 36.4 Å². The molecule has 0 aliphatic carbocycles. The number of hydrogen-bond acceptors (Lipinski definition) is 4. The second kappa shape index (κ2) is 5.60. The molecule has 2 aromatic carbocycles. The molecule has 1 heterocycles. The Morgan fingerprint density at radius 2 is 1.76 bits per heavy atom. The Hall–Kier alpha value is -2.92. The smallest absolute Gasteiger partial charge is 0.255 e. The van der Waals surface area contributed by atoms with Gasteiger partial charge in [-0.15, -0.1) is 0 Å². The fourth-order valence-electron chi connectivity index (χ4n) is 2.12. The van der Waals surface area contributed by atoms with Crippen molar-refractivity contribution in [2.24, 2.45) is 5.84 Å². The maximum Gasteiger partial charge on any atom is 0.255 e. The predicted molar refractivity (Wildman–Crippen MR) is 83.9 cm³/mol. The number of para-hydroxylation sites is 1. The van der Waals surface area contributed by atoms with Crippen molar-refractivity contribution >= 4 is 28.2 Å². The van der Waals surface area contributed by atoms with Crippen molar-refractivity contribution in [3.63, 3.8) is 0 Å². The third-order valence-electron chi connectivity index (χ3n) is 3.19. The van der Waals surface area contributed by atoms with Crippen LogP contribution in [0.25, 0.3) is 10.9 Å². The van der Waals surface area contributed by atoms with Crippen LogP contribution in [0.3, 0.4) is 0 Å². The number of nitrogens with zero attached hydrogens (tertiary/aromatic N) is 1. The highest BCUT2D eigenvalue weighted by Gasteiger charge is 2.08. The van der Waals surface area contributed by atoms with Gasteiger partial charge in [0, 0.05) is 22.8 Å². The normalized spacial score (nSPS) is 10.3. The van der Waals surface area contributed by atoms with Crippen molar-refractivity contribution in [1.82, 2.24) is 4.98 Å². The number of nitrogens with two attached hydrogens (primary N) is 1. The van der Waals surface area contributed by atoms with Crippen molar-refractivity contribution in [3.05, 3.63) is 66.4 Å². The van der Waals surface area contributed by atoms with E-state index in [9.17, 15) is 4.79 Å². The first-order valence-corrected chi connectivity index (χ1v) is 6.50. The number of benzene rings is 2. The molecule has 3 aromatic rings. The summed E-state index contributed by atoms with van der Waals surface area (Å²) < 4.78 is 0. The van der Waals surface area contributed by atoms with Gasteiger partial charge in [-0.25, -0.2) is 0 Å². The van der Waals surface area contributed by atoms with E-state index in [2.05, 4.69) is 15.7 Å². The minimum absolute atomic E-state index is 0.184. The van der Waals surface area contributed by atoms with E-state index in [0.29, 0.717) is 11.3 Å². The van der Waals surface area contributed by atoms with Gasteiger partial charge in [0.25, 0.3) is 5.91 Å². The fourth-order valence-corrected chi connectivity index (χ4v) is 2.12. The van der Waals surface area contributed by atoms with E-state index in [4.69, 9.17) is 5.84 Å². The van der Waals surface area contributed by atoms with Crippen LogP contribution in [0.15, 0.2) is 60.8 Å². The molecule has 1 amide bonds. The first-order chi connectivity index (χ1) is 10.3. The van der Waals surface area contributed by atoms with Crippen LogP contribution in [0.1, 0.15) is 10.4 Å². The van der Waals surface area contributed by atoms with Gasteiger partial charge >= 0.3 is 0 Å². The highest BCUT2D eigenvalue weighted by atomic mass is 16.1. The van der Waals surface area contributed by atoms with Crippen LogP contribution in [-0.4, -0.2) is 10.9 Å². The monoisotopic (exact) mass is 278 g/mol. The van der Waals surface area contributed by atoms with Gasteiger partial charge in [0.2, 0.25) is 0 Å². The number of carbonyl (C=O) groups is 1. The number of fused-ring (bicyclic) bond motifs is 1. The predicted octanol–water partition coefficient (Wildman–Crippen LogP) is 2.77. The molecule has 0 saturated heterocycles. The number of hydrogen-bond donors (Lipinski definition) is 3. The van der Waals surface area contributed by atoms with Gasteiger partial charge in [-0.1, -0.05) is 18.2 Å². The molecule has 4 N–H and O–H groups in total. The summed E-state index contributed by atoms with van der Waals surface area (Å²) in [5.41, 5.74) is 5.30. The molecule has 0 atom stereocenters. The number of carbonyl (C=O) groups excluding carboxylic acids is 1. The van der Waals surface area contributed by atoms with Gasteiger partial charge in [0.15, 0.2) is 0 Å². The third-order valence-corrected chi connectivity index (χ3v) is 3.19. The standard InChI is InChI=1S/C16H14N4O/c17-20-13-8-6-12(7-9-13)16(21)19-14-5-1-3-11-4-2-10-18-15(11)14/h1-10,20H,17H2,(H,19,21). The molecule has 1 aromatic heterocycles. The van der Waals surface area contributed by atoms with Crippen molar-refractivity contribution in [2.75, 3.05) is 10.7 Å². The van der Waals surface area contributed by atoms with E-state index in [1.54, 1.807) is 30.5 Å². The largest absolute Gasteiger partial charge is 0.324 e. The van der Waals surface area contributed by atoms with Gasteiger partial charge < -0.3 is 10.7 Å². The van der Waals surface area contributed by atoms with E-state index in [1.165, 1.54) is 0 Å². The summed E-state index contributed by atoms with van der Waals surface area (Å²) in [6, 6.07) is 16.4. The molecule has 0 aliphatic rings. The zero-order valence-corrected chi connectivity index (χ0v) is 11.2. The number of nitrogen functional groups attached to an aromatic ring is 1. The second-order valence-corrected chi connectivity index (χ2v) is 4.56. The number of rotatable bonds is 3. The van der Waals surface area contributed by atoms with Gasteiger partial charge in [-0.3, -0.25) is 15.6 Å². The number of hydrazine groups is 1. The minimum atomic E-state index is -0.184. The molecule has 0 unspecified atom stereocenters. The summed E-state index contributed by atoms with van der Waals surface area (Å²) in [5.74, 6) is 5.12. The van der Waals surface area contributed by atoms with Crippen LogP contribution < -0.4 is 16.6 Å². The SMILES string of the molecule is NNc1ccc(C(=O)Nc2cccc3cccnc23)cc1. The minimum Gasteiger partial charge on any atom is -0.324 e. The first kappa shape index (κ1) is 13.1. The number of pyridine rings is 1. The van der Waals surface area contributed by atoms with Crippen LogP contribution in [-0.2, 0) is 0 Å². The topological polar surface area (TPSA) is 80.0 Å². The van der Waals surface area contributed by atoms with Crippen LogP contribution in [0.2, 0.25) is 0 Å². The Kier molecular flexibility index (Phi) is 3.49. The molecule has 0 fully saturated rings. The van der Waals surface area contributed by atoms with Crippen molar-refractivity contribution in [3.8, 4) is 0 Å². The van der Waals surface area contributed by atoms with Crippen LogP contribution in [0, 0.1) is 0 Å². The molecule has 21 heavy (non-hydrogen) atoms. The molecule has 5 nitrogen and oxygen atoms in total. The van der Waals surface area contributed by atoms with Gasteiger partial charge in [0.1, 0.15) is 0 Å². The van der Waals surface area contributed by atoms with Gasteiger partial charge in [-0.2, -0.15) is 0 Å². The van der Waals surface area contributed by atoms with Crippen molar-refractivity contribution < 1.29 is 4.79 Å². The van der Waals surface area contributed by atoms with Crippen LogP contribution in [0.5, 0.6) is 0 Å². The molecule has 5 heteroatoms. The quantitative estimate of drug-likeness (QED) is 0.508. The molecular weight excluding hydrogens is 264 g/mol. The first-order valence-electron chi connectivity index (χ1n) is 6.50. The van der Waals surface area contributed by atoms with E-state index >= 15 is 0 Å². The summed E-state index contributed by atoms with van der Waals surface area (Å²) in [4.78, 5) is 16.6. The molecule has 104 valence electrons. The van der Waals surface area contributed by atoms with Crippen molar-refractivity contribution in [2.45, 2.75) is 0 Å². The molecule has 0 saturated carbocycles.